The molecule has 0 aliphatic heterocycles. The molecule has 0 aliphatic carbocycles. The van der Waals surface area contributed by atoms with E-state index < -0.39 is 0 Å². The van der Waals surface area contributed by atoms with E-state index in [1.54, 1.807) is 7.11 Å². The van der Waals surface area contributed by atoms with Crippen molar-refractivity contribution in [1.82, 2.24) is 5.32 Å². The highest BCUT2D eigenvalue weighted by atomic mass is 16.5. The zero-order chi connectivity index (χ0) is 12.5. The largest absolute Gasteiger partial charge is 0.497 e. The smallest absolute Gasteiger partial charge is 0.119 e. The standard InChI is InChI=1S/C14H23NO2/c1-12(15-9-4-3-5-10-16)13-7-6-8-14(11-13)17-2/h6-8,11-12,15-16H,3-5,9-10H2,1-2H3. The molecule has 0 saturated heterocycles. The lowest BCUT2D eigenvalue weighted by Crippen LogP contribution is -2.19. The number of nitrogens with one attached hydrogen (secondary N) is 1. The van der Waals surface area contributed by atoms with Crippen molar-refractivity contribution in [2.45, 2.75) is 32.2 Å². The maximum atomic E-state index is 8.68. The van der Waals surface area contributed by atoms with Gasteiger partial charge in [0.2, 0.25) is 0 Å². The Labute approximate surface area is 104 Å². The summed E-state index contributed by atoms with van der Waals surface area (Å²) in [6.07, 6.45) is 3.08. The molecule has 17 heavy (non-hydrogen) atoms. The van der Waals surface area contributed by atoms with Crippen LogP contribution in [0.4, 0.5) is 0 Å². The Morgan fingerprint density at radius 1 is 1.29 bits per heavy atom. The summed E-state index contributed by atoms with van der Waals surface area (Å²) in [6.45, 7) is 3.44. The van der Waals surface area contributed by atoms with Gasteiger partial charge in [-0.1, -0.05) is 12.1 Å². The molecule has 0 bridgehead atoms. The number of aliphatic hydroxyl groups is 1. The molecular formula is C14H23NO2. The van der Waals surface area contributed by atoms with Crippen molar-refractivity contribution in [3.8, 4) is 5.75 Å². The Morgan fingerprint density at radius 2 is 2.12 bits per heavy atom. The summed E-state index contributed by atoms with van der Waals surface area (Å²) < 4.78 is 5.21. The lowest BCUT2D eigenvalue weighted by Gasteiger charge is -2.15. The van der Waals surface area contributed by atoms with Crippen LogP contribution < -0.4 is 10.1 Å². The van der Waals surface area contributed by atoms with E-state index in [1.807, 2.05) is 12.1 Å². The van der Waals surface area contributed by atoms with Gasteiger partial charge in [0.1, 0.15) is 5.75 Å². The zero-order valence-electron chi connectivity index (χ0n) is 10.8. The van der Waals surface area contributed by atoms with Crippen LogP contribution in [0.3, 0.4) is 0 Å². The molecule has 1 rings (SSSR count). The molecule has 1 aromatic rings. The van der Waals surface area contributed by atoms with Crippen LogP contribution in [0, 0.1) is 0 Å². The first kappa shape index (κ1) is 14.0. The van der Waals surface area contributed by atoms with Crippen LogP contribution in [0.2, 0.25) is 0 Å². The highest BCUT2D eigenvalue weighted by Gasteiger charge is 2.04. The topological polar surface area (TPSA) is 41.5 Å². The molecule has 1 atom stereocenters. The second kappa shape index (κ2) is 8.09. The van der Waals surface area contributed by atoms with Gasteiger partial charge < -0.3 is 15.2 Å². The van der Waals surface area contributed by atoms with Crippen molar-refractivity contribution in [3.63, 3.8) is 0 Å². The molecule has 0 radical (unpaired) electrons. The van der Waals surface area contributed by atoms with Crippen LogP contribution >= 0.6 is 0 Å². The van der Waals surface area contributed by atoms with Crippen LogP contribution in [0.15, 0.2) is 24.3 Å². The van der Waals surface area contributed by atoms with Gasteiger partial charge in [-0.05, 0) is 50.4 Å². The van der Waals surface area contributed by atoms with E-state index in [9.17, 15) is 0 Å². The number of ether oxygens (including phenoxy) is 1. The second-order valence-corrected chi connectivity index (χ2v) is 4.24. The third kappa shape index (κ3) is 5.20. The number of hydrogen-bond donors (Lipinski definition) is 2. The van der Waals surface area contributed by atoms with E-state index in [2.05, 4.69) is 24.4 Å². The van der Waals surface area contributed by atoms with Crippen LogP contribution in [-0.2, 0) is 0 Å². The van der Waals surface area contributed by atoms with Crippen LogP contribution in [0.5, 0.6) is 5.75 Å². The summed E-state index contributed by atoms with van der Waals surface area (Å²) in [5.74, 6) is 0.899. The predicted molar refractivity (Wildman–Crippen MR) is 70.3 cm³/mol. The first-order valence-corrected chi connectivity index (χ1v) is 6.26. The van der Waals surface area contributed by atoms with Crippen LogP contribution in [-0.4, -0.2) is 25.4 Å². The van der Waals surface area contributed by atoms with E-state index in [-0.39, 0.29) is 0 Å². The molecule has 3 nitrogen and oxygen atoms in total. The Hall–Kier alpha value is -1.06. The molecule has 0 saturated carbocycles. The van der Waals surface area contributed by atoms with Crippen molar-refractivity contribution in [3.05, 3.63) is 29.8 Å². The summed E-state index contributed by atoms with van der Waals surface area (Å²) in [4.78, 5) is 0. The number of benzene rings is 1. The molecule has 1 aromatic carbocycles. The van der Waals surface area contributed by atoms with Crippen molar-refractivity contribution < 1.29 is 9.84 Å². The highest BCUT2D eigenvalue weighted by molar-refractivity contribution is 5.30. The molecular weight excluding hydrogens is 214 g/mol. The Bertz CT molecular complexity index is 315. The molecule has 1 unspecified atom stereocenters. The molecule has 0 heterocycles. The lowest BCUT2D eigenvalue weighted by atomic mass is 10.1. The second-order valence-electron chi connectivity index (χ2n) is 4.24. The van der Waals surface area contributed by atoms with Gasteiger partial charge in [0, 0.05) is 12.6 Å². The number of unbranched alkanes of at least 4 members (excludes halogenated alkanes) is 2. The Balaban J connectivity index is 2.33. The molecule has 2 N–H and O–H groups in total. The average molecular weight is 237 g/mol. The van der Waals surface area contributed by atoms with Gasteiger partial charge in [0.15, 0.2) is 0 Å². The molecule has 0 fully saturated rings. The summed E-state index contributed by atoms with van der Waals surface area (Å²) in [5.41, 5.74) is 1.24. The van der Waals surface area contributed by atoms with E-state index in [4.69, 9.17) is 9.84 Å². The van der Waals surface area contributed by atoms with Gasteiger partial charge in [0.05, 0.1) is 7.11 Å². The van der Waals surface area contributed by atoms with Crippen molar-refractivity contribution in [2.75, 3.05) is 20.3 Å². The van der Waals surface area contributed by atoms with E-state index >= 15 is 0 Å². The summed E-state index contributed by atoms with van der Waals surface area (Å²) >= 11 is 0. The monoisotopic (exact) mass is 237 g/mol. The van der Waals surface area contributed by atoms with Gasteiger partial charge in [0.25, 0.3) is 0 Å². The minimum atomic E-state index is 0.297. The van der Waals surface area contributed by atoms with Crippen LogP contribution in [0.1, 0.15) is 37.8 Å². The fourth-order valence-electron chi connectivity index (χ4n) is 1.76. The molecule has 0 aliphatic rings. The summed E-state index contributed by atoms with van der Waals surface area (Å²) in [7, 11) is 1.69. The fourth-order valence-corrected chi connectivity index (χ4v) is 1.76. The number of methoxy groups -OCH3 is 1. The number of aliphatic hydroxyl groups excluding tert-OH is 1. The third-order valence-corrected chi connectivity index (χ3v) is 2.88. The van der Waals surface area contributed by atoms with E-state index in [0.717, 1.165) is 31.6 Å². The van der Waals surface area contributed by atoms with Gasteiger partial charge in [-0.25, -0.2) is 0 Å². The molecule has 3 heteroatoms. The van der Waals surface area contributed by atoms with Gasteiger partial charge in [-0.3, -0.25) is 0 Å². The van der Waals surface area contributed by atoms with Gasteiger partial charge in [-0.15, -0.1) is 0 Å². The summed E-state index contributed by atoms with van der Waals surface area (Å²) in [5, 5.41) is 12.1. The first-order valence-electron chi connectivity index (χ1n) is 6.26. The minimum Gasteiger partial charge on any atom is -0.497 e. The summed E-state index contributed by atoms with van der Waals surface area (Å²) in [6, 6.07) is 8.47. The fraction of sp³-hybridized carbons (Fsp3) is 0.571. The molecule has 0 aromatic heterocycles. The maximum absolute atomic E-state index is 8.68. The molecule has 0 amide bonds. The average Bonchev–Trinajstić information content (AvgIpc) is 2.38. The van der Waals surface area contributed by atoms with Crippen molar-refractivity contribution >= 4 is 0 Å². The first-order chi connectivity index (χ1) is 8.27. The SMILES string of the molecule is COc1cccc(C(C)NCCCCCO)c1. The van der Waals surface area contributed by atoms with Crippen molar-refractivity contribution in [2.24, 2.45) is 0 Å². The van der Waals surface area contributed by atoms with E-state index in [0.29, 0.717) is 12.6 Å². The third-order valence-electron chi connectivity index (χ3n) is 2.88. The minimum absolute atomic E-state index is 0.297. The number of rotatable bonds is 8. The normalized spacial score (nSPS) is 12.4. The quantitative estimate of drug-likeness (QED) is 0.683. The van der Waals surface area contributed by atoms with Gasteiger partial charge >= 0.3 is 0 Å². The highest BCUT2D eigenvalue weighted by Crippen LogP contribution is 2.18. The Kier molecular flexibility index (Phi) is 6.67. The van der Waals surface area contributed by atoms with Gasteiger partial charge in [-0.2, -0.15) is 0 Å². The zero-order valence-corrected chi connectivity index (χ0v) is 10.8. The Morgan fingerprint density at radius 3 is 2.82 bits per heavy atom. The van der Waals surface area contributed by atoms with Crippen molar-refractivity contribution in [1.29, 1.82) is 0 Å². The molecule has 0 spiro atoms. The van der Waals surface area contributed by atoms with E-state index in [1.165, 1.54) is 5.56 Å². The maximum Gasteiger partial charge on any atom is 0.119 e. The predicted octanol–water partition coefficient (Wildman–Crippen LogP) is 2.51. The lowest BCUT2D eigenvalue weighted by molar-refractivity contribution is 0.282. The molecule has 96 valence electrons. The van der Waals surface area contributed by atoms with Crippen LogP contribution in [0.25, 0.3) is 0 Å². The number of hydrogen-bond acceptors (Lipinski definition) is 3.